The van der Waals surface area contributed by atoms with Crippen molar-refractivity contribution in [1.29, 1.82) is 0 Å². The average molecular weight is 539 g/mol. The lowest BCUT2D eigenvalue weighted by Crippen LogP contribution is -2.04. The lowest BCUT2D eigenvalue weighted by Gasteiger charge is -2.12. The van der Waals surface area contributed by atoms with Gasteiger partial charge in [-0.2, -0.15) is 19.2 Å². The molecule has 2 aromatic carbocycles. The summed E-state index contributed by atoms with van der Waals surface area (Å²) in [4.78, 5) is 47.8. The summed E-state index contributed by atoms with van der Waals surface area (Å²) in [5, 5.41) is 18.7. The number of rotatable bonds is 4. The van der Waals surface area contributed by atoms with Gasteiger partial charge in [-0.05, 0) is 85.8 Å². The van der Waals surface area contributed by atoms with Crippen LogP contribution in [0.15, 0.2) is 46.1 Å². The largest absolute Gasteiger partial charge is 0.507 e. The highest BCUT2D eigenvalue weighted by Gasteiger charge is 2.40. The maximum absolute atomic E-state index is 10.7. The van der Waals surface area contributed by atoms with Crippen LogP contribution < -0.4 is 0 Å². The van der Waals surface area contributed by atoms with Gasteiger partial charge in [0, 0.05) is 17.9 Å². The number of aryl methyl sites for hydroxylation is 1. The summed E-state index contributed by atoms with van der Waals surface area (Å²) in [6.07, 6.45) is 5.44. The van der Waals surface area contributed by atoms with E-state index in [1.807, 2.05) is 25.1 Å². The monoisotopic (exact) mass is 538 g/mol. The molecule has 0 aliphatic heterocycles. The predicted octanol–water partition coefficient (Wildman–Crippen LogP) is 5.39. The van der Waals surface area contributed by atoms with Crippen LogP contribution in [0.2, 0.25) is 0 Å². The van der Waals surface area contributed by atoms with E-state index in [4.69, 9.17) is 23.7 Å². The summed E-state index contributed by atoms with van der Waals surface area (Å²) in [5.74, 6) is -0.324. The van der Waals surface area contributed by atoms with Crippen molar-refractivity contribution in [3.05, 3.63) is 58.8 Å². The van der Waals surface area contributed by atoms with Gasteiger partial charge in [-0.3, -0.25) is 0 Å². The molecule has 10 nitrogen and oxygen atoms in total. The number of aromatic nitrogens is 1. The smallest absolute Gasteiger partial charge is 0.373 e. The first-order valence-electron chi connectivity index (χ1n) is 11.9. The molecule has 1 heterocycles. The Balaban J connectivity index is 0.000000323. The standard InChI is InChI=1S/C14H17NO3.C12H13NO.2CO2.CH4/c1-9(15-18-10(2)16)12-8-11(4-5-13(12)17)14(3)6-7-14;1-8-10-7-9(12(2)5-6-12)3-4-11(10)14-13-8;2*2-1-3;/h4-5,8,17H,6-7H2,1-3H3;3-4,7H,5-6H2,1-2H3;;;1H4/b15-9+;;;;. The SMILES string of the molecule is C.CC(=O)O/N=C(\C)c1cc(C2(C)CC2)ccc1O.Cc1noc2ccc(C3(C)CC3)cc12.O=C=O.O=C=O. The third-order valence-electron chi connectivity index (χ3n) is 6.74. The van der Waals surface area contributed by atoms with Crippen LogP contribution in [0.3, 0.4) is 0 Å². The van der Waals surface area contributed by atoms with E-state index in [9.17, 15) is 9.90 Å². The lowest BCUT2D eigenvalue weighted by atomic mass is 9.95. The Morgan fingerprint density at radius 1 is 0.949 bits per heavy atom. The second-order valence-electron chi connectivity index (χ2n) is 9.76. The fourth-order valence-electron chi connectivity index (χ4n) is 3.77. The van der Waals surface area contributed by atoms with Crippen LogP contribution in [0.1, 0.15) is 83.2 Å². The molecule has 208 valence electrons. The van der Waals surface area contributed by atoms with Gasteiger partial charge in [0.05, 0.1) is 11.4 Å². The molecule has 5 rings (SSSR count). The zero-order valence-electron chi connectivity index (χ0n) is 22.0. The summed E-state index contributed by atoms with van der Waals surface area (Å²) in [5.41, 5.74) is 6.27. The lowest BCUT2D eigenvalue weighted by molar-refractivity contribution is -0.193. The minimum atomic E-state index is -0.473. The molecule has 1 N–H and O–H groups in total. The van der Waals surface area contributed by atoms with Crippen LogP contribution in [-0.4, -0.2) is 34.2 Å². The Hall–Kier alpha value is -4.39. The van der Waals surface area contributed by atoms with Crippen LogP contribution >= 0.6 is 0 Å². The van der Waals surface area contributed by atoms with E-state index in [1.165, 1.54) is 30.9 Å². The quantitative estimate of drug-likeness (QED) is 0.262. The number of carbonyl (C=O) groups is 1. The van der Waals surface area contributed by atoms with Crippen LogP contribution in [0.5, 0.6) is 5.75 Å². The molecule has 2 aliphatic rings. The van der Waals surface area contributed by atoms with Gasteiger partial charge in [0.2, 0.25) is 0 Å². The van der Waals surface area contributed by atoms with Crippen molar-refractivity contribution in [2.24, 2.45) is 5.16 Å². The first-order valence-corrected chi connectivity index (χ1v) is 11.9. The van der Waals surface area contributed by atoms with Crippen molar-refractivity contribution < 1.29 is 38.4 Å². The summed E-state index contributed by atoms with van der Waals surface area (Å²) in [7, 11) is 0. The average Bonchev–Trinajstić information content (AvgIpc) is 3.79. The number of hydrogen-bond donors (Lipinski definition) is 1. The second kappa shape index (κ2) is 14.0. The number of benzene rings is 2. The zero-order valence-corrected chi connectivity index (χ0v) is 22.0. The molecule has 0 atom stereocenters. The van der Waals surface area contributed by atoms with E-state index in [0.717, 1.165) is 29.5 Å². The molecule has 0 amide bonds. The summed E-state index contributed by atoms with van der Waals surface area (Å²) >= 11 is 0. The molecule has 0 saturated heterocycles. The normalized spacial score (nSPS) is 15.2. The van der Waals surface area contributed by atoms with Gasteiger partial charge in [0.15, 0.2) is 5.58 Å². The van der Waals surface area contributed by atoms with E-state index >= 15 is 0 Å². The highest BCUT2D eigenvalue weighted by atomic mass is 16.7. The number of phenols is 1. The highest BCUT2D eigenvalue weighted by Crippen LogP contribution is 2.49. The van der Waals surface area contributed by atoms with E-state index in [2.05, 4.69) is 41.1 Å². The molecular formula is C29H34N2O8. The van der Waals surface area contributed by atoms with Gasteiger partial charge in [-0.15, -0.1) is 0 Å². The Morgan fingerprint density at radius 2 is 1.44 bits per heavy atom. The van der Waals surface area contributed by atoms with Gasteiger partial charge >= 0.3 is 18.3 Å². The molecular weight excluding hydrogens is 504 g/mol. The van der Waals surface area contributed by atoms with Crippen molar-refractivity contribution in [3.8, 4) is 5.75 Å². The van der Waals surface area contributed by atoms with Crippen LogP contribution in [-0.2, 0) is 39.6 Å². The molecule has 1 aromatic heterocycles. The molecule has 0 spiro atoms. The van der Waals surface area contributed by atoms with Crippen molar-refractivity contribution in [3.63, 3.8) is 0 Å². The van der Waals surface area contributed by atoms with Crippen molar-refractivity contribution in [1.82, 2.24) is 5.16 Å². The fraction of sp³-hybridized carbons (Fsp3) is 0.414. The summed E-state index contributed by atoms with van der Waals surface area (Å²) in [6.45, 7) is 9.50. The molecule has 0 radical (unpaired) electrons. The van der Waals surface area contributed by atoms with Gasteiger partial charge in [0.1, 0.15) is 5.75 Å². The van der Waals surface area contributed by atoms with E-state index in [1.54, 1.807) is 13.0 Å². The molecule has 39 heavy (non-hydrogen) atoms. The van der Waals surface area contributed by atoms with E-state index in [0.29, 0.717) is 16.7 Å². The molecule has 2 aliphatic carbocycles. The number of aromatic hydroxyl groups is 1. The van der Waals surface area contributed by atoms with Crippen LogP contribution in [0.25, 0.3) is 11.0 Å². The van der Waals surface area contributed by atoms with Crippen molar-refractivity contribution in [2.45, 2.75) is 78.6 Å². The van der Waals surface area contributed by atoms with Gasteiger partial charge in [-0.1, -0.05) is 43.7 Å². The first-order chi connectivity index (χ1) is 17.9. The molecule has 0 bridgehead atoms. The van der Waals surface area contributed by atoms with Crippen LogP contribution in [0.4, 0.5) is 0 Å². The minimum absolute atomic E-state index is 0. The minimum Gasteiger partial charge on any atom is -0.507 e. The topological polar surface area (TPSA) is 153 Å². The Morgan fingerprint density at radius 3 is 1.92 bits per heavy atom. The molecule has 3 aromatic rings. The number of fused-ring (bicyclic) bond motifs is 1. The molecule has 0 unspecified atom stereocenters. The Kier molecular flexibility index (Phi) is 11.7. The Labute approximate surface area is 227 Å². The molecule has 2 fully saturated rings. The summed E-state index contributed by atoms with van der Waals surface area (Å²) in [6, 6.07) is 12.0. The third kappa shape index (κ3) is 8.85. The number of oxime groups is 1. The summed E-state index contributed by atoms with van der Waals surface area (Å²) < 4.78 is 5.19. The van der Waals surface area contributed by atoms with Crippen molar-refractivity contribution in [2.75, 3.05) is 0 Å². The second-order valence-corrected chi connectivity index (χ2v) is 9.76. The van der Waals surface area contributed by atoms with Gasteiger partial charge in [0.25, 0.3) is 0 Å². The molecule has 2 saturated carbocycles. The predicted molar refractivity (Wildman–Crippen MR) is 141 cm³/mol. The van der Waals surface area contributed by atoms with Crippen LogP contribution in [0, 0.1) is 6.92 Å². The fourth-order valence-corrected chi connectivity index (χ4v) is 3.77. The number of nitrogens with zero attached hydrogens (tertiary/aromatic N) is 2. The van der Waals surface area contributed by atoms with E-state index in [-0.39, 0.29) is 30.9 Å². The first kappa shape index (κ1) is 32.6. The zero-order chi connectivity index (χ0) is 28.5. The van der Waals surface area contributed by atoms with Gasteiger partial charge < -0.3 is 14.5 Å². The Bertz CT molecular complexity index is 1370. The van der Waals surface area contributed by atoms with Gasteiger partial charge in [-0.25, -0.2) is 4.79 Å². The number of carbonyl (C=O) groups excluding carboxylic acids is 5. The number of hydrogen-bond acceptors (Lipinski definition) is 10. The maximum atomic E-state index is 10.7. The molecule has 10 heteroatoms. The highest BCUT2D eigenvalue weighted by molar-refractivity contribution is 6.01. The third-order valence-corrected chi connectivity index (χ3v) is 6.74. The van der Waals surface area contributed by atoms with E-state index < -0.39 is 5.97 Å². The maximum Gasteiger partial charge on any atom is 0.373 e. The van der Waals surface area contributed by atoms with Crippen molar-refractivity contribution >= 4 is 35.0 Å². The number of phenolic OH excluding ortho intramolecular Hbond substituents is 1.